The lowest BCUT2D eigenvalue weighted by atomic mass is 10.2. The van der Waals surface area contributed by atoms with E-state index in [2.05, 4.69) is 26.2 Å². The van der Waals surface area contributed by atoms with Gasteiger partial charge in [0.05, 0.1) is 17.3 Å². The van der Waals surface area contributed by atoms with Crippen LogP contribution in [0.25, 0.3) is 0 Å². The summed E-state index contributed by atoms with van der Waals surface area (Å²) in [5.74, 6) is -0.116. The molecule has 20 heavy (non-hydrogen) atoms. The largest absolute Gasteiger partial charge is 0.480 e. The fourth-order valence-electron chi connectivity index (χ4n) is 1.66. The molecule has 104 valence electrons. The van der Waals surface area contributed by atoms with Gasteiger partial charge >= 0.3 is 0 Å². The molecule has 0 aliphatic heterocycles. The van der Waals surface area contributed by atoms with E-state index in [1.807, 2.05) is 0 Å². The Morgan fingerprint density at radius 1 is 1.50 bits per heavy atom. The summed E-state index contributed by atoms with van der Waals surface area (Å²) in [6.07, 6.45) is 3.08. The molecule has 0 aliphatic carbocycles. The predicted octanol–water partition coefficient (Wildman–Crippen LogP) is 1.80. The van der Waals surface area contributed by atoms with E-state index in [0.29, 0.717) is 15.7 Å². The van der Waals surface area contributed by atoms with Gasteiger partial charge < -0.3 is 14.6 Å². The van der Waals surface area contributed by atoms with Crippen LogP contribution in [0.3, 0.4) is 0 Å². The molecule has 0 aliphatic rings. The van der Waals surface area contributed by atoms with E-state index >= 15 is 0 Å². The van der Waals surface area contributed by atoms with Crippen molar-refractivity contribution in [3.05, 3.63) is 51.0 Å². The number of nitrogens with one attached hydrogen (secondary N) is 1. The number of anilines is 1. The Morgan fingerprint density at radius 3 is 2.90 bits per heavy atom. The van der Waals surface area contributed by atoms with E-state index in [1.165, 1.54) is 17.9 Å². The van der Waals surface area contributed by atoms with E-state index in [1.54, 1.807) is 31.4 Å². The smallest absolute Gasteiger partial charge is 0.264 e. The standard InChI is InChI=1S/C13H12BrN3O3/c1-17-7-8(6-10(14)13(17)19)16-11(18)9-4-3-5-15-12(9)20-2/h3-7H,1-2H3,(H,16,18). The molecule has 0 spiro atoms. The average Bonchev–Trinajstić information content (AvgIpc) is 2.44. The normalized spacial score (nSPS) is 10.2. The lowest BCUT2D eigenvalue weighted by Crippen LogP contribution is -2.20. The van der Waals surface area contributed by atoms with Gasteiger partial charge in [-0.05, 0) is 34.1 Å². The number of halogens is 1. The van der Waals surface area contributed by atoms with E-state index < -0.39 is 0 Å². The van der Waals surface area contributed by atoms with Crippen molar-refractivity contribution in [2.24, 2.45) is 7.05 Å². The van der Waals surface area contributed by atoms with Crippen LogP contribution in [0.1, 0.15) is 10.4 Å². The third-order valence-electron chi connectivity index (χ3n) is 2.61. The fourth-order valence-corrected chi connectivity index (χ4v) is 2.19. The third kappa shape index (κ3) is 2.88. The molecular weight excluding hydrogens is 326 g/mol. The summed E-state index contributed by atoms with van der Waals surface area (Å²) in [6.45, 7) is 0. The zero-order valence-electron chi connectivity index (χ0n) is 10.9. The summed E-state index contributed by atoms with van der Waals surface area (Å²) in [5, 5.41) is 2.69. The first-order chi connectivity index (χ1) is 9.52. The van der Waals surface area contributed by atoms with Crippen molar-refractivity contribution in [2.75, 3.05) is 12.4 Å². The topological polar surface area (TPSA) is 73.2 Å². The molecule has 0 saturated carbocycles. The second-order valence-electron chi connectivity index (χ2n) is 4.01. The van der Waals surface area contributed by atoms with E-state index in [4.69, 9.17) is 4.74 Å². The van der Waals surface area contributed by atoms with Gasteiger partial charge in [-0.25, -0.2) is 4.98 Å². The first-order valence-electron chi connectivity index (χ1n) is 5.69. The summed E-state index contributed by atoms with van der Waals surface area (Å²) < 4.78 is 6.78. The van der Waals surface area contributed by atoms with E-state index in [0.717, 1.165) is 0 Å². The van der Waals surface area contributed by atoms with Crippen LogP contribution in [0.15, 0.2) is 39.9 Å². The van der Waals surface area contributed by atoms with Crippen molar-refractivity contribution in [1.29, 1.82) is 0 Å². The highest BCUT2D eigenvalue weighted by Crippen LogP contribution is 2.17. The molecule has 1 amide bonds. The number of aryl methyl sites for hydroxylation is 1. The Bertz CT molecular complexity index is 686. The second kappa shape index (κ2) is 5.87. The third-order valence-corrected chi connectivity index (χ3v) is 3.17. The summed E-state index contributed by atoms with van der Waals surface area (Å²) in [6, 6.07) is 4.80. The maximum Gasteiger partial charge on any atom is 0.264 e. The van der Waals surface area contributed by atoms with E-state index in [-0.39, 0.29) is 17.3 Å². The van der Waals surface area contributed by atoms with Gasteiger partial charge in [-0.1, -0.05) is 0 Å². The molecule has 0 saturated heterocycles. The van der Waals surface area contributed by atoms with Gasteiger partial charge in [0.2, 0.25) is 5.88 Å². The van der Waals surface area contributed by atoms with Gasteiger partial charge in [0.1, 0.15) is 5.56 Å². The van der Waals surface area contributed by atoms with Crippen molar-refractivity contribution in [3.8, 4) is 5.88 Å². The van der Waals surface area contributed by atoms with Gasteiger partial charge in [-0.15, -0.1) is 0 Å². The SMILES string of the molecule is COc1ncccc1C(=O)Nc1cc(Br)c(=O)n(C)c1. The molecular formula is C13H12BrN3O3. The number of rotatable bonds is 3. The Hall–Kier alpha value is -2.15. The number of nitrogens with zero attached hydrogens (tertiary/aromatic N) is 2. The number of hydrogen-bond donors (Lipinski definition) is 1. The molecule has 2 rings (SSSR count). The molecule has 2 aromatic rings. The number of aromatic nitrogens is 2. The minimum absolute atomic E-state index is 0.179. The number of carbonyl (C=O) groups excluding carboxylic acids is 1. The number of carbonyl (C=O) groups is 1. The Morgan fingerprint density at radius 2 is 2.25 bits per heavy atom. The van der Waals surface area contributed by atoms with Crippen LogP contribution in [0, 0.1) is 0 Å². The molecule has 6 nitrogen and oxygen atoms in total. The maximum absolute atomic E-state index is 12.2. The molecule has 1 N–H and O–H groups in total. The minimum atomic E-state index is -0.361. The summed E-state index contributed by atoms with van der Waals surface area (Å²) in [5.41, 5.74) is 0.636. The molecule has 0 unspecified atom stereocenters. The van der Waals surface area contributed by atoms with E-state index in [9.17, 15) is 9.59 Å². The summed E-state index contributed by atoms with van der Waals surface area (Å²) in [7, 11) is 3.05. The molecule has 0 fully saturated rings. The van der Waals surface area contributed by atoms with Crippen LogP contribution >= 0.6 is 15.9 Å². The molecule has 0 radical (unpaired) electrons. The highest BCUT2D eigenvalue weighted by atomic mass is 79.9. The van der Waals surface area contributed by atoms with Crippen LogP contribution in [0.5, 0.6) is 5.88 Å². The Kier molecular flexibility index (Phi) is 4.19. The van der Waals surface area contributed by atoms with Gasteiger partial charge in [-0.2, -0.15) is 0 Å². The quantitative estimate of drug-likeness (QED) is 0.926. The number of hydrogen-bond acceptors (Lipinski definition) is 4. The van der Waals surface area contributed by atoms with Crippen LogP contribution in [0.4, 0.5) is 5.69 Å². The van der Waals surface area contributed by atoms with Gasteiger partial charge in [0, 0.05) is 19.4 Å². The summed E-state index contributed by atoms with van der Waals surface area (Å²) >= 11 is 3.15. The molecule has 2 heterocycles. The number of pyridine rings is 2. The summed E-state index contributed by atoms with van der Waals surface area (Å²) in [4.78, 5) is 27.7. The second-order valence-corrected chi connectivity index (χ2v) is 4.86. The molecule has 2 aromatic heterocycles. The monoisotopic (exact) mass is 337 g/mol. The number of methoxy groups -OCH3 is 1. The predicted molar refractivity (Wildman–Crippen MR) is 78.1 cm³/mol. The van der Waals surface area contributed by atoms with Gasteiger partial charge in [-0.3, -0.25) is 9.59 Å². The molecule has 7 heteroatoms. The van der Waals surface area contributed by atoms with Crippen molar-refractivity contribution < 1.29 is 9.53 Å². The van der Waals surface area contributed by atoms with Crippen molar-refractivity contribution in [2.45, 2.75) is 0 Å². The lowest BCUT2D eigenvalue weighted by Gasteiger charge is -2.09. The molecule has 0 bridgehead atoms. The number of ether oxygens (including phenoxy) is 1. The van der Waals surface area contributed by atoms with Crippen molar-refractivity contribution >= 4 is 27.5 Å². The van der Waals surface area contributed by atoms with Crippen LogP contribution in [0.2, 0.25) is 0 Å². The van der Waals surface area contributed by atoms with Crippen molar-refractivity contribution in [1.82, 2.24) is 9.55 Å². The van der Waals surface area contributed by atoms with Gasteiger partial charge in [0.25, 0.3) is 11.5 Å². The zero-order valence-corrected chi connectivity index (χ0v) is 12.5. The van der Waals surface area contributed by atoms with Crippen LogP contribution in [-0.2, 0) is 7.05 Å². The number of amides is 1. The first kappa shape index (κ1) is 14.3. The first-order valence-corrected chi connectivity index (χ1v) is 6.48. The Balaban J connectivity index is 2.30. The Labute approximate surface area is 123 Å². The van der Waals surface area contributed by atoms with Crippen molar-refractivity contribution in [3.63, 3.8) is 0 Å². The molecule has 0 aromatic carbocycles. The fraction of sp³-hybridized carbons (Fsp3) is 0.154. The highest BCUT2D eigenvalue weighted by Gasteiger charge is 2.13. The van der Waals surface area contributed by atoms with Crippen LogP contribution in [-0.4, -0.2) is 22.6 Å². The van der Waals surface area contributed by atoms with Gasteiger partial charge in [0.15, 0.2) is 0 Å². The minimum Gasteiger partial charge on any atom is -0.480 e. The lowest BCUT2D eigenvalue weighted by molar-refractivity contribution is 0.102. The molecule has 0 atom stereocenters. The van der Waals surface area contributed by atoms with Crippen LogP contribution < -0.4 is 15.6 Å². The maximum atomic E-state index is 12.2. The average molecular weight is 338 g/mol. The zero-order chi connectivity index (χ0) is 14.7. The highest BCUT2D eigenvalue weighted by molar-refractivity contribution is 9.10.